The number of likely N-dealkylation sites (tertiary alicyclic amines) is 1. The molecule has 1 fully saturated rings. The summed E-state index contributed by atoms with van der Waals surface area (Å²) in [6.45, 7) is 0.724. The van der Waals surface area contributed by atoms with Crippen molar-refractivity contribution in [3.05, 3.63) is 40.9 Å². The summed E-state index contributed by atoms with van der Waals surface area (Å²) in [7, 11) is 0. The Morgan fingerprint density at radius 3 is 2.58 bits per heavy atom. The summed E-state index contributed by atoms with van der Waals surface area (Å²) in [6, 6.07) is 6.46. The number of hydrogen-bond donors (Lipinski definition) is 1. The zero-order valence-corrected chi connectivity index (χ0v) is 14.5. The van der Waals surface area contributed by atoms with Gasteiger partial charge in [-0.05, 0) is 19.1 Å². The maximum atomic E-state index is 13.1. The number of aromatic nitrogens is 1. The number of nitrogens with zero attached hydrogens (tertiary/aromatic N) is 2. The SMILES string of the molecule is Cc1csc(-c2cccc(C(=O)N3C[C@@H](C(F)(F)F)[C@H](C(=O)O)C3)c2)n1. The predicted molar refractivity (Wildman–Crippen MR) is 88.9 cm³/mol. The molecule has 138 valence electrons. The number of carbonyl (C=O) groups excluding carboxylic acids is 1. The number of thiazole rings is 1. The van der Waals surface area contributed by atoms with Gasteiger partial charge in [0.1, 0.15) is 5.01 Å². The van der Waals surface area contributed by atoms with Crippen LogP contribution in [0.25, 0.3) is 10.6 Å². The van der Waals surface area contributed by atoms with E-state index in [9.17, 15) is 22.8 Å². The highest BCUT2D eigenvalue weighted by Gasteiger charge is 2.53. The summed E-state index contributed by atoms with van der Waals surface area (Å²) in [5.74, 6) is -5.87. The van der Waals surface area contributed by atoms with Crippen molar-refractivity contribution in [2.75, 3.05) is 13.1 Å². The molecule has 26 heavy (non-hydrogen) atoms. The third kappa shape index (κ3) is 3.57. The van der Waals surface area contributed by atoms with E-state index in [0.717, 1.165) is 10.6 Å². The van der Waals surface area contributed by atoms with Gasteiger partial charge in [-0.1, -0.05) is 12.1 Å². The van der Waals surface area contributed by atoms with Crippen molar-refractivity contribution in [3.8, 4) is 10.6 Å². The number of benzene rings is 1. The number of carboxylic acid groups (broad SMARTS) is 1. The first kappa shape index (κ1) is 18.4. The standard InChI is InChI=1S/C17H15F3N2O3S/c1-9-8-26-14(21-9)10-3-2-4-11(5-10)15(23)22-6-12(16(24)25)13(7-22)17(18,19)20/h2-5,8,12-13H,6-7H2,1H3,(H,24,25)/t12-,13-/m1/s1. The van der Waals surface area contributed by atoms with Gasteiger partial charge in [0.2, 0.25) is 0 Å². The fourth-order valence-corrected chi connectivity index (χ4v) is 3.80. The van der Waals surface area contributed by atoms with Crippen molar-refractivity contribution in [2.45, 2.75) is 13.1 Å². The van der Waals surface area contributed by atoms with Crippen molar-refractivity contribution >= 4 is 23.2 Å². The number of rotatable bonds is 3. The van der Waals surface area contributed by atoms with Crippen LogP contribution >= 0.6 is 11.3 Å². The van der Waals surface area contributed by atoms with Gasteiger partial charge in [0.15, 0.2) is 0 Å². The zero-order valence-electron chi connectivity index (χ0n) is 13.7. The second kappa shape index (κ2) is 6.71. The molecule has 3 rings (SSSR count). The van der Waals surface area contributed by atoms with Gasteiger partial charge in [-0.3, -0.25) is 9.59 Å². The van der Waals surface area contributed by atoms with Gasteiger partial charge in [-0.2, -0.15) is 13.2 Å². The molecule has 2 aromatic rings. The zero-order chi connectivity index (χ0) is 19.1. The van der Waals surface area contributed by atoms with Crippen molar-refractivity contribution in [1.82, 2.24) is 9.88 Å². The van der Waals surface area contributed by atoms with E-state index in [0.29, 0.717) is 10.6 Å². The first-order valence-electron chi connectivity index (χ1n) is 7.78. The molecule has 1 aromatic carbocycles. The topological polar surface area (TPSA) is 70.5 Å². The Morgan fingerprint density at radius 2 is 2.04 bits per heavy atom. The molecule has 0 radical (unpaired) electrons. The van der Waals surface area contributed by atoms with Crippen LogP contribution in [0.4, 0.5) is 13.2 Å². The van der Waals surface area contributed by atoms with Crippen molar-refractivity contribution in [2.24, 2.45) is 11.8 Å². The van der Waals surface area contributed by atoms with Gasteiger partial charge in [0.05, 0.1) is 11.8 Å². The van der Waals surface area contributed by atoms with Gasteiger partial charge in [0.25, 0.3) is 5.91 Å². The Kier molecular flexibility index (Phi) is 4.74. The summed E-state index contributed by atoms with van der Waals surface area (Å²) < 4.78 is 39.3. The number of aliphatic carboxylic acids is 1. The predicted octanol–water partition coefficient (Wildman–Crippen LogP) is 3.45. The van der Waals surface area contributed by atoms with Crippen LogP contribution in [0, 0.1) is 18.8 Å². The number of carboxylic acids is 1. The van der Waals surface area contributed by atoms with Gasteiger partial charge < -0.3 is 10.0 Å². The van der Waals surface area contributed by atoms with Crippen molar-refractivity contribution in [1.29, 1.82) is 0 Å². The lowest BCUT2D eigenvalue weighted by atomic mass is 9.96. The molecule has 1 N–H and O–H groups in total. The van der Waals surface area contributed by atoms with Crippen molar-refractivity contribution in [3.63, 3.8) is 0 Å². The van der Waals surface area contributed by atoms with E-state index in [-0.39, 0.29) is 5.56 Å². The third-order valence-electron chi connectivity index (χ3n) is 4.32. The Bertz CT molecular complexity index is 850. The average Bonchev–Trinajstić information content (AvgIpc) is 3.20. The Morgan fingerprint density at radius 1 is 1.31 bits per heavy atom. The molecule has 0 spiro atoms. The largest absolute Gasteiger partial charge is 0.481 e. The molecule has 5 nitrogen and oxygen atoms in total. The molecule has 1 aromatic heterocycles. The number of alkyl halides is 3. The van der Waals surface area contributed by atoms with E-state index >= 15 is 0 Å². The lowest BCUT2D eigenvalue weighted by Gasteiger charge is -2.18. The summed E-state index contributed by atoms with van der Waals surface area (Å²) >= 11 is 1.40. The summed E-state index contributed by atoms with van der Waals surface area (Å²) in [6.07, 6.45) is -4.67. The molecule has 0 unspecified atom stereocenters. The van der Waals surface area contributed by atoms with Gasteiger partial charge in [0, 0.05) is 35.3 Å². The molecule has 2 atom stereocenters. The average molecular weight is 384 g/mol. The molecule has 1 amide bonds. The van der Waals surface area contributed by atoms with E-state index in [1.165, 1.54) is 17.4 Å². The fourth-order valence-electron chi connectivity index (χ4n) is 3.01. The molecule has 9 heteroatoms. The van der Waals surface area contributed by atoms with Crippen LogP contribution in [0.5, 0.6) is 0 Å². The number of amides is 1. The minimum atomic E-state index is -4.67. The van der Waals surface area contributed by atoms with Crippen LogP contribution in [0.15, 0.2) is 29.6 Å². The van der Waals surface area contributed by atoms with Crippen LogP contribution in [-0.4, -0.2) is 46.1 Å². The van der Waals surface area contributed by atoms with Crippen LogP contribution in [0.1, 0.15) is 16.1 Å². The van der Waals surface area contributed by atoms with E-state index in [1.54, 1.807) is 18.2 Å². The minimum Gasteiger partial charge on any atom is -0.481 e. The van der Waals surface area contributed by atoms with Gasteiger partial charge in [-0.15, -0.1) is 11.3 Å². The molecular weight excluding hydrogens is 369 g/mol. The number of aryl methyl sites for hydroxylation is 1. The van der Waals surface area contributed by atoms with Crippen molar-refractivity contribution < 1.29 is 27.9 Å². The second-order valence-electron chi connectivity index (χ2n) is 6.18. The van der Waals surface area contributed by atoms with Crippen LogP contribution in [-0.2, 0) is 4.79 Å². The Labute approximate surface area is 151 Å². The molecule has 1 aliphatic rings. The third-order valence-corrected chi connectivity index (χ3v) is 5.33. The number of carbonyl (C=O) groups is 2. The molecule has 0 saturated carbocycles. The van der Waals surface area contributed by atoms with Crippen LogP contribution < -0.4 is 0 Å². The Balaban J connectivity index is 1.85. The van der Waals surface area contributed by atoms with E-state index in [2.05, 4.69) is 4.98 Å². The molecule has 0 aliphatic carbocycles. The number of halogens is 3. The molecule has 1 saturated heterocycles. The highest BCUT2D eigenvalue weighted by Crippen LogP contribution is 2.38. The van der Waals surface area contributed by atoms with E-state index in [4.69, 9.17) is 5.11 Å². The lowest BCUT2D eigenvalue weighted by molar-refractivity contribution is -0.187. The van der Waals surface area contributed by atoms with Gasteiger partial charge in [-0.25, -0.2) is 4.98 Å². The maximum absolute atomic E-state index is 13.1. The smallest absolute Gasteiger partial charge is 0.394 e. The molecule has 1 aliphatic heterocycles. The lowest BCUT2D eigenvalue weighted by Crippen LogP contribution is -2.34. The van der Waals surface area contributed by atoms with E-state index in [1.807, 2.05) is 12.3 Å². The van der Waals surface area contributed by atoms with Gasteiger partial charge >= 0.3 is 12.1 Å². The fraction of sp³-hybridized carbons (Fsp3) is 0.353. The highest BCUT2D eigenvalue weighted by atomic mass is 32.1. The second-order valence-corrected chi connectivity index (χ2v) is 7.04. The summed E-state index contributed by atoms with van der Waals surface area (Å²) in [5, 5.41) is 11.6. The normalized spacial score (nSPS) is 20.4. The number of hydrogen-bond acceptors (Lipinski definition) is 4. The van der Waals surface area contributed by atoms with Crippen LogP contribution in [0.2, 0.25) is 0 Å². The minimum absolute atomic E-state index is 0.210. The Hall–Kier alpha value is -2.42. The van der Waals surface area contributed by atoms with Crippen LogP contribution in [0.3, 0.4) is 0 Å². The first-order valence-corrected chi connectivity index (χ1v) is 8.66. The maximum Gasteiger partial charge on any atom is 0.394 e. The molecule has 2 heterocycles. The quantitative estimate of drug-likeness (QED) is 0.880. The first-order chi connectivity index (χ1) is 12.2. The summed E-state index contributed by atoms with van der Waals surface area (Å²) in [4.78, 5) is 29.1. The summed E-state index contributed by atoms with van der Waals surface area (Å²) in [5.41, 5.74) is 1.73. The van der Waals surface area contributed by atoms with E-state index < -0.39 is 43.0 Å². The molecule has 0 bridgehead atoms. The highest BCUT2D eigenvalue weighted by molar-refractivity contribution is 7.13. The molecular formula is C17H15F3N2O3S. The monoisotopic (exact) mass is 384 g/mol.